The molecule has 3 rings (SSSR count). The molecule has 0 aliphatic heterocycles. The van der Waals surface area contributed by atoms with Crippen molar-refractivity contribution in [3.63, 3.8) is 0 Å². The highest BCUT2D eigenvalue weighted by molar-refractivity contribution is 7.13. The third-order valence-electron chi connectivity index (χ3n) is 3.40. The first-order chi connectivity index (χ1) is 11.1. The lowest BCUT2D eigenvalue weighted by Gasteiger charge is -2.21. The van der Waals surface area contributed by atoms with E-state index in [4.69, 9.17) is 0 Å². The van der Waals surface area contributed by atoms with Crippen LogP contribution in [-0.4, -0.2) is 22.5 Å². The summed E-state index contributed by atoms with van der Waals surface area (Å²) in [4.78, 5) is 17.4. The molecule has 0 saturated heterocycles. The summed E-state index contributed by atoms with van der Waals surface area (Å²) in [5.41, 5.74) is 0.278. The van der Waals surface area contributed by atoms with Crippen LogP contribution in [0.15, 0.2) is 53.2 Å². The minimum Gasteiger partial charge on any atom is -0.383 e. The number of nitrogens with zero attached hydrogens (tertiary/aromatic N) is 1. The number of carbonyl (C=O) groups excluding carboxylic acids is 1. The number of amides is 1. The van der Waals surface area contributed by atoms with Crippen LogP contribution < -0.4 is 5.32 Å². The number of aliphatic hydroxyl groups is 1. The lowest BCUT2D eigenvalue weighted by molar-refractivity contribution is 0.0555. The Balaban J connectivity index is 1.66. The van der Waals surface area contributed by atoms with Gasteiger partial charge in [0.15, 0.2) is 0 Å². The molecule has 0 bridgehead atoms. The highest BCUT2D eigenvalue weighted by Crippen LogP contribution is 2.25. The van der Waals surface area contributed by atoms with Crippen LogP contribution in [0.5, 0.6) is 0 Å². The SMILES string of the molecule is CC(O)(CNC(=O)c1csc(-c2ccccc2)n1)c1cccs1. The van der Waals surface area contributed by atoms with Crippen molar-refractivity contribution in [2.75, 3.05) is 6.54 Å². The van der Waals surface area contributed by atoms with E-state index in [2.05, 4.69) is 10.3 Å². The van der Waals surface area contributed by atoms with Crippen molar-refractivity contribution in [1.82, 2.24) is 10.3 Å². The van der Waals surface area contributed by atoms with Crippen molar-refractivity contribution in [2.24, 2.45) is 0 Å². The van der Waals surface area contributed by atoms with Crippen molar-refractivity contribution in [3.05, 3.63) is 63.8 Å². The number of hydrogen-bond donors (Lipinski definition) is 2. The molecule has 0 fully saturated rings. The topological polar surface area (TPSA) is 62.2 Å². The monoisotopic (exact) mass is 344 g/mol. The first-order valence-corrected chi connectivity index (χ1v) is 8.88. The van der Waals surface area contributed by atoms with Crippen LogP contribution in [-0.2, 0) is 5.60 Å². The van der Waals surface area contributed by atoms with Gasteiger partial charge in [-0.3, -0.25) is 4.79 Å². The van der Waals surface area contributed by atoms with Gasteiger partial charge in [-0.1, -0.05) is 36.4 Å². The molecule has 0 aliphatic carbocycles. The lowest BCUT2D eigenvalue weighted by atomic mass is 10.1. The van der Waals surface area contributed by atoms with Gasteiger partial charge >= 0.3 is 0 Å². The Bertz CT molecular complexity index is 780. The zero-order valence-electron chi connectivity index (χ0n) is 12.5. The Morgan fingerprint density at radius 1 is 1.22 bits per heavy atom. The standard InChI is InChI=1S/C17H16N2O2S2/c1-17(21,14-8-5-9-22-14)11-18-15(20)13-10-23-16(19-13)12-6-3-2-4-7-12/h2-10,21H,11H2,1H3,(H,18,20). The number of thiazole rings is 1. The molecule has 1 amide bonds. The minimum absolute atomic E-state index is 0.143. The molecule has 0 aliphatic rings. The molecular weight excluding hydrogens is 328 g/mol. The maximum atomic E-state index is 12.2. The van der Waals surface area contributed by atoms with E-state index >= 15 is 0 Å². The van der Waals surface area contributed by atoms with Gasteiger partial charge in [0.25, 0.3) is 5.91 Å². The molecular formula is C17H16N2O2S2. The molecule has 2 heterocycles. The van der Waals surface area contributed by atoms with Gasteiger partial charge in [-0.15, -0.1) is 22.7 Å². The molecule has 1 aromatic carbocycles. The van der Waals surface area contributed by atoms with Crippen LogP contribution in [0.2, 0.25) is 0 Å². The Kier molecular flexibility index (Phi) is 4.56. The van der Waals surface area contributed by atoms with Crippen LogP contribution in [0.1, 0.15) is 22.3 Å². The van der Waals surface area contributed by atoms with Gasteiger partial charge in [0.2, 0.25) is 0 Å². The zero-order chi connectivity index (χ0) is 16.3. The maximum absolute atomic E-state index is 12.2. The third kappa shape index (κ3) is 3.67. The van der Waals surface area contributed by atoms with E-state index in [0.717, 1.165) is 15.4 Å². The van der Waals surface area contributed by atoms with Crippen LogP contribution in [0.4, 0.5) is 0 Å². The first-order valence-electron chi connectivity index (χ1n) is 7.12. The molecule has 1 atom stereocenters. The highest BCUT2D eigenvalue weighted by Gasteiger charge is 2.25. The van der Waals surface area contributed by atoms with E-state index < -0.39 is 5.60 Å². The number of hydrogen-bond acceptors (Lipinski definition) is 5. The largest absolute Gasteiger partial charge is 0.383 e. The van der Waals surface area contributed by atoms with Crippen molar-refractivity contribution >= 4 is 28.6 Å². The molecule has 3 aromatic rings. The summed E-state index contributed by atoms with van der Waals surface area (Å²) >= 11 is 2.89. The van der Waals surface area contributed by atoms with E-state index in [1.54, 1.807) is 12.3 Å². The third-order valence-corrected chi connectivity index (χ3v) is 5.42. The number of nitrogens with one attached hydrogen (secondary N) is 1. The number of rotatable bonds is 5. The maximum Gasteiger partial charge on any atom is 0.270 e. The summed E-state index contributed by atoms with van der Waals surface area (Å²) < 4.78 is 0. The van der Waals surface area contributed by atoms with E-state index in [9.17, 15) is 9.90 Å². The predicted octanol–water partition coefficient (Wildman–Crippen LogP) is 3.51. The van der Waals surface area contributed by atoms with Crippen molar-refractivity contribution < 1.29 is 9.90 Å². The Hall–Kier alpha value is -2.02. The smallest absolute Gasteiger partial charge is 0.270 e. The fourth-order valence-corrected chi connectivity index (χ4v) is 3.70. The molecule has 1 unspecified atom stereocenters. The van der Waals surface area contributed by atoms with Gasteiger partial charge in [0, 0.05) is 15.8 Å². The van der Waals surface area contributed by atoms with Crippen molar-refractivity contribution in [2.45, 2.75) is 12.5 Å². The molecule has 118 valence electrons. The Morgan fingerprint density at radius 3 is 2.70 bits per heavy atom. The summed E-state index contributed by atoms with van der Waals surface area (Å²) in [6.45, 7) is 1.83. The van der Waals surface area contributed by atoms with E-state index in [-0.39, 0.29) is 12.5 Å². The van der Waals surface area contributed by atoms with Crippen LogP contribution in [0.3, 0.4) is 0 Å². The number of aromatic nitrogens is 1. The second kappa shape index (κ2) is 6.62. The fraction of sp³-hybridized carbons (Fsp3) is 0.176. The van der Waals surface area contributed by atoms with Gasteiger partial charge in [0.1, 0.15) is 16.3 Å². The predicted molar refractivity (Wildman–Crippen MR) is 93.8 cm³/mol. The lowest BCUT2D eigenvalue weighted by Crippen LogP contribution is -2.38. The average Bonchev–Trinajstić information content (AvgIpc) is 3.25. The van der Waals surface area contributed by atoms with Crippen LogP contribution in [0, 0.1) is 0 Å². The van der Waals surface area contributed by atoms with E-state index in [1.165, 1.54) is 22.7 Å². The quantitative estimate of drug-likeness (QED) is 0.744. The summed E-state index contributed by atoms with van der Waals surface area (Å²) in [5.74, 6) is -0.278. The van der Waals surface area contributed by atoms with E-state index in [1.807, 2.05) is 47.8 Å². The summed E-state index contributed by atoms with van der Waals surface area (Å²) in [5, 5.41) is 17.6. The number of thiophene rings is 1. The highest BCUT2D eigenvalue weighted by atomic mass is 32.1. The average molecular weight is 344 g/mol. The Morgan fingerprint density at radius 2 is 2.00 bits per heavy atom. The molecule has 0 spiro atoms. The first kappa shape index (κ1) is 15.9. The van der Waals surface area contributed by atoms with Gasteiger partial charge in [0.05, 0.1) is 6.54 Å². The molecule has 0 saturated carbocycles. The number of benzene rings is 1. The summed E-state index contributed by atoms with van der Waals surface area (Å²) in [6.07, 6.45) is 0. The fourth-order valence-electron chi connectivity index (χ4n) is 2.11. The molecule has 4 nitrogen and oxygen atoms in total. The Labute approximate surface area is 142 Å². The minimum atomic E-state index is -1.08. The molecule has 23 heavy (non-hydrogen) atoms. The van der Waals surface area contributed by atoms with Gasteiger partial charge in [-0.2, -0.15) is 0 Å². The zero-order valence-corrected chi connectivity index (χ0v) is 14.2. The normalized spacial score (nSPS) is 13.5. The molecule has 2 aromatic heterocycles. The van der Waals surface area contributed by atoms with Crippen molar-refractivity contribution in [1.29, 1.82) is 0 Å². The van der Waals surface area contributed by atoms with Gasteiger partial charge in [-0.05, 0) is 18.4 Å². The summed E-state index contributed by atoms with van der Waals surface area (Å²) in [6, 6.07) is 13.5. The molecule has 2 N–H and O–H groups in total. The van der Waals surface area contributed by atoms with Gasteiger partial charge < -0.3 is 10.4 Å². The second-order valence-electron chi connectivity index (χ2n) is 5.34. The van der Waals surface area contributed by atoms with Crippen molar-refractivity contribution in [3.8, 4) is 10.6 Å². The molecule has 6 heteroatoms. The van der Waals surface area contributed by atoms with E-state index in [0.29, 0.717) is 5.69 Å². The van der Waals surface area contributed by atoms with Crippen LogP contribution in [0.25, 0.3) is 10.6 Å². The summed E-state index contributed by atoms with van der Waals surface area (Å²) in [7, 11) is 0. The molecule has 0 radical (unpaired) electrons. The van der Waals surface area contributed by atoms with Gasteiger partial charge in [-0.25, -0.2) is 4.98 Å². The van der Waals surface area contributed by atoms with Crippen LogP contribution >= 0.6 is 22.7 Å². The second-order valence-corrected chi connectivity index (χ2v) is 7.14. The number of carbonyl (C=O) groups is 1.